The van der Waals surface area contributed by atoms with Crippen LogP contribution in [0.2, 0.25) is 0 Å². The lowest BCUT2D eigenvalue weighted by Gasteiger charge is -2.19. The number of anilines is 3. The van der Waals surface area contributed by atoms with Crippen molar-refractivity contribution in [3.8, 4) is 0 Å². The van der Waals surface area contributed by atoms with Crippen molar-refractivity contribution in [2.75, 3.05) is 36.7 Å². The number of aromatic nitrogens is 1. The van der Waals surface area contributed by atoms with Gasteiger partial charge >= 0.3 is 0 Å². The summed E-state index contributed by atoms with van der Waals surface area (Å²) in [4.78, 5) is 20.0. The van der Waals surface area contributed by atoms with E-state index in [1.165, 1.54) is 4.90 Å². The van der Waals surface area contributed by atoms with E-state index in [-0.39, 0.29) is 5.91 Å². The summed E-state index contributed by atoms with van der Waals surface area (Å²) < 4.78 is 0. The van der Waals surface area contributed by atoms with E-state index in [1.807, 2.05) is 37.2 Å². The van der Waals surface area contributed by atoms with Gasteiger partial charge in [-0.1, -0.05) is 6.07 Å². The van der Waals surface area contributed by atoms with Gasteiger partial charge in [-0.2, -0.15) is 0 Å². The van der Waals surface area contributed by atoms with Crippen molar-refractivity contribution < 1.29 is 4.79 Å². The zero-order valence-corrected chi connectivity index (χ0v) is 11.9. The summed E-state index contributed by atoms with van der Waals surface area (Å²) in [6, 6.07) is 10.7. The first-order chi connectivity index (χ1) is 9.50. The Hall–Kier alpha value is -2.56. The van der Waals surface area contributed by atoms with Gasteiger partial charge in [0.05, 0.1) is 11.4 Å². The Morgan fingerprint density at radius 1 is 1.15 bits per heavy atom. The van der Waals surface area contributed by atoms with Crippen molar-refractivity contribution in [1.82, 2.24) is 4.98 Å². The SMILES string of the molecule is CN(C)c1ccc(C(=O)N(C)c2ccccn2)cc1N. The first-order valence-corrected chi connectivity index (χ1v) is 6.26. The number of nitrogen functional groups attached to an aromatic ring is 1. The van der Waals surface area contributed by atoms with Gasteiger partial charge in [-0.15, -0.1) is 0 Å². The highest BCUT2D eigenvalue weighted by atomic mass is 16.2. The molecule has 0 spiro atoms. The fourth-order valence-electron chi connectivity index (χ4n) is 1.94. The number of benzene rings is 1. The Bertz CT molecular complexity index is 611. The fraction of sp³-hybridized carbons (Fsp3) is 0.200. The predicted octanol–water partition coefficient (Wildman–Crippen LogP) is 2.01. The topological polar surface area (TPSA) is 62.5 Å². The molecule has 0 aliphatic carbocycles. The Morgan fingerprint density at radius 3 is 2.45 bits per heavy atom. The molecule has 1 heterocycles. The average Bonchev–Trinajstić information content (AvgIpc) is 2.46. The summed E-state index contributed by atoms with van der Waals surface area (Å²) in [7, 11) is 5.51. The second-order valence-corrected chi connectivity index (χ2v) is 4.72. The number of carbonyl (C=O) groups is 1. The van der Waals surface area contributed by atoms with E-state index in [4.69, 9.17) is 5.73 Å². The van der Waals surface area contributed by atoms with Gasteiger partial charge in [-0.05, 0) is 30.3 Å². The summed E-state index contributed by atoms with van der Waals surface area (Å²) in [6.45, 7) is 0. The van der Waals surface area contributed by atoms with Gasteiger partial charge in [0, 0.05) is 32.9 Å². The number of nitrogens with zero attached hydrogens (tertiary/aromatic N) is 3. The molecule has 104 valence electrons. The molecule has 0 bridgehead atoms. The molecule has 0 unspecified atom stereocenters. The van der Waals surface area contributed by atoms with E-state index in [2.05, 4.69) is 4.98 Å². The van der Waals surface area contributed by atoms with Crippen molar-refractivity contribution in [1.29, 1.82) is 0 Å². The van der Waals surface area contributed by atoms with E-state index in [0.29, 0.717) is 17.1 Å². The molecule has 0 atom stereocenters. The summed E-state index contributed by atoms with van der Waals surface area (Å²) in [5.41, 5.74) is 7.98. The van der Waals surface area contributed by atoms with Gasteiger partial charge in [-0.25, -0.2) is 4.98 Å². The zero-order valence-electron chi connectivity index (χ0n) is 11.9. The van der Waals surface area contributed by atoms with Crippen molar-refractivity contribution >= 4 is 23.1 Å². The normalized spacial score (nSPS) is 10.2. The largest absolute Gasteiger partial charge is 0.397 e. The van der Waals surface area contributed by atoms with Gasteiger partial charge in [0.15, 0.2) is 0 Å². The zero-order chi connectivity index (χ0) is 14.7. The first kappa shape index (κ1) is 13.9. The lowest BCUT2D eigenvalue weighted by Crippen LogP contribution is -2.27. The molecule has 2 aromatic rings. The van der Waals surface area contributed by atoms with Crippen molar-refractivity contribution in [3.63, 3.8) is 0 Å². The Morgan fingerprint density at radius 2 is 1.90 bits per heavy atom. The predicted molar refractivity (Wildman–Crippen MR) is 82.2 cm³/mol. The molecule has 0 saturated carbocycles. The van der Waals surface area contributed by atoms with Crippen LogP contribution in [0.15, 0.2) is 42.6 Å². The molecule has 2 N–H and O–H groups in total. The minimum absolute atomic E-state index is 0.138. The monoisotopic (exact) mass is 270 g/mol. The van der Waals surface area contributed by atoms with Crippen LogP contribution in [0.3, 0.4) is 0 Å². The first-order valence-electron chi connectivity index (χ1n) is 6.26. The van der Waals surface area contributed by atoms with Crippen LogP contribution >= 0.6 is 0 Å². The molecule has 0 saturated heterocycles. The van der Waals surface area contributed by atoms with Crippen LogP contribution in [-0.2, 0) is 0 Å². The summed E-state index contributed by atoms with van der Waals surface area (Å²) >= 11 is 0. The number of nitrogens with two attached hydrogens (primary N) is 1. The van der Waals surface area contributed by atoms with Gasteiger partial charge < -0.3 is 10.6 Å². The van der Waals surface area contributed by atoms with Crippen LogP contribution in [-0.4, -0.2) is 32.0 Å². The highest BCUT2D eigenvalue weighted by Crippen LogP contribution is 2.23. The number of amides is 1. The van der Waals surface area contributed by atoms with Gasteiger partial charge in [-0.3, -0.25) is 9.69 Å². The van der Waals surface area contributed by atoms with Crippen molar-refractivity contribution in [2.45, 2.75) is 0 Å². The maximum Gasteiger partial charge on any atom is 0.259 e. The summed E-state index contributed by atoms with van der Waals surface area (Å²) in [5, 5.41) is 0. The molecular weight excluding hydrogens is 252 g/mol. The third-order valence-corrected chi connectivity index (χ3v) is 3.05. The fourth-order valence-corrected chi connectivity index (χ4v) is 1.94. The third kappa shape index (κ3) is 2.71. The maximum atomic E-state index is 12.4. The minimum Gasteiger partial charge on any atom is -0.397 e. The summed E-state index contributed by atoms with van der Waals surface area (Å²) in [5.74, 6) is 0.466. The van der Waals surface area contributed by atoms with Crippen LogP contribution in [0.25, 0.3) is 0 Å². The second kappa shape index (κ2) is 5.61. The summed E-state index contributed by atoms with van der Waals surface area (Å²) in [6.07, 6.45) is 1.66. The van der Waals surface area contributed by atoms with E-state index in [1.54, 1.807) is 31.4 Å². The number of carbonyl (C=O) groups excluding carboxylic acids is 1. The van der Waals surface area contributed by atoms with Crippen LogP contribution < -0.4 is 15.5 Å². The lowest BCUT2D eigenvalue weighted by atomic mass is 10.1. The highest BCUT2D eigenvalue weighted by molar-refractivity contribution is 6.06. The number of rotatable bonds is 3. The van der Waals surface area contributed by atoms with E-state index in [9.17, 15) is 4.79 Å². The van der Waals surface area contributed by atoms with Crippen LogP contribution in [0, 0.1) is 0 Å². The van der Waals surface area contributed by atoms with Crippen LogP contribution in [0.1, 0.15) is 10.4 Å². The lowest BCUT2D eigenvalue weighted by molar-refractivity contribution is 0.0992. The molecule has 0 aliphatic heterocycles. The molecule has 0 fully saturated rings. The Labute approximate surface area is 118 Å². The van der Waals surface area contributed by atoms with Crippen LogP contribution in [0.4, 0.5) is 17.2 Å². The van der Waals surface area contributed by atoms with E-state index in [0.717, 1.165) is 5.69 Å². The molecule has 1 amide bonds. The molecule has 1 aromatic heterocycles. The van der Waals surface area contributed by atoms with Crippen LogP contribution in [0.5, 0.6) is 0 Å². The molecule has 2 rings (SSSR count). The van der Waals surface area contributed by atoms with E-state index < -0.39 is 0 Å². The highest BCUT2D eigenvalue weighted by Gasteiger charge is 2.15. The number of hydrogen-bond acceptors (Lipinski definition) is 4. The van der Waals surface area contributed by atoms with E-state index >= 15 is 0 Å². The average molecular weight is 270 g/mol. The van der Waals surface area contributed by atoms with Crippen molar-refractivity contribution in [3.05, 3.63) is 48.2 Å². The van der Waals surface area contributed by atoms with Gasteiger partial charge in [0.1, 0.15) is 5.82 Å². The molecule has 20 heavy (non-hydrogen) atoms. The minimum atomic E-state index is -0.138. The number of hydrogen-bond donors (Lipinski definition) is 1. The standard InChI is InChI=1S/C15H18N4O/c1-18(2)13-8-7-11(10-12(13)16)15(20)19(3)14-6-4-5-9-17-14/h4-10H,16H2,1-3H3. The number of pyridine rings is 1. The van der Waals surface area contributed by atoms with Gasteiger partial charge in [0.2, 0.25) is 0 Å². The Balaban J connectivity index is 2.28. The molecule has 1 aromatic carbocycles. The van der Waals surface area contributed by atoms with Crippen molar-refractivity contribution in [2.24, 2.45) is 0 Å². The Kier molecular flexibility index (Phi) is 3.89. The maximum absolute atomic E-state index is 12.4. The molecule has 0 radical (unpaired) electrons. The quantitative estimate of drug-likeness (QED) is 0.867. The molecule has 5 heteroatoms. The molecular formula is C15H18N4O. The second-order valence-electron chi connectivity index (χ2n) is 4.72. The third-order valence-electron chi connectivity index (χ3n) is 3.05. The molecule has 5 nitrogen and oxygen atoms in total. The molecule has 0 aliphatic rings. The smallest absolute Gasteiger partial charge is 0.259 e. The van der Waals surface area contributed by atoms with Gasteiger partial charge in [0.25, 0.3) is 5.91 Å².